The van der Waals surface area contributed by atoms with Crippen molar-refractivity contribution < 1.29 is 32.5 Å². The van der Waals surface area contributed by atoms with E-state index in [0.29, 0.717) is 23.4 Å². The van der Waals surface area contributed by atoms with Crippen LogP contribution in [0.2, 0.25) is 0 Å². The number of aryl methyl sites for hydroxylation is 1. The minimum atomic E-state index is -4.77. The Kier molecular flexibility index (Phi) is 8.15. The topological polar surface area (TPSA) is 59.0 Å². The van der Waals surface area contributed by atoms with Crippen molar-refractivity contribution in [2.24, 2.45) is 5.92 Å². The molecule has 3 rings (SSSR count). The molecule has 33 heavy (non-hydrogen) atoms. The number of rotatable bonds is 10. The molecule has 1 heterocycles. The summed E-state index contributed by atoms with van der Waals surface area (Å²) in [6.07, 6.45) is -2.38. The molecule has 8 heteroatoms. The molecule has 1 aliphatic rings. The predicted molar refractivity (Wildman–Crippen MR) is 118 cm³/mol. The number of hydrogen-bond donors (Lipinski definition) is 1. The molecule has 0 radical (unpaired) electrons. The fraction of sp³-hybridized carbons (Fsp3) is 0.400. The summed E-state index contributed by atoms with van der Waals surface area (Å²) in [5.41, 5.74) is 1.97. The predicted octanol–water partition coefficient (Wildman–Crippen LogP) is 4.97. The number of carbonyl (C=O) groups excluding carboxylic acids is 1. The summed E-state index contributed by atoms with van der Waals surface area (Å²) in [7, 11) is 0. The first-order chi connectivity index (χ1) is 15.7. The Balaban J connectivity index is 1.77. The van der Waals surface area contributed by atoms with Crippen molar-refractivity contribution in [1.82, 2.24) is 4.90 Å². The number of hydrogen-bond acceptors (Lipinski definition) is 5. The van der Waals surface area contributed by atoms with Crippen molar-refractivity contribution >= 4 is 5.78 Å². The Bertz CT molecular complexity index is 953. The number of nitrogens with zero attached hydrogens (tertiary/aromatic N) is 1. The molecule has 1 aliphatic heterocycles. The summed E-state index contributed by atoms with van der Waals surface area (Å²) in [4.78, 5) is 15.4. The van der Waals surface area contributed by atoms with E-state index in [4.69, 9.17) is 4.74 Å². The van der Waals surface area contributed by atoms with Crippen LogP contribution in [-0.2, 0) is 11.2 Å². The Morgan fingerprint density at radius 3 is 2.42 bits per heavy atom. The van der Waals surface area contributed by atoms with Gasteiger partial charge < -0.3 is 19.5 Å². The molecule has 0 amide bonds. The molecule has 0 aromatic heterocycles. The zero-order valence-corrected chi connectivity index (χ0v) is 18.5. The molecule has 1 N–H and O–H groups in total. The molecule has 0 spiro atoms. The smallest absolute Gasteiger partial charge is 0.465 e. The number of aliphatic hydroxyl groups is 1. The molecule has 2 atom stereocenters. The van der Waals surface area contributed by atoms with Gasteiger partial charge in [-0.1, -0.05) is 24.8 Å². The second kappa shape index (κ2) is 10.9. The molecule has 178 valence electrons. The van der Waals surface area contributed by atoms with E-state index in [2.05, 4.69) is 16.2 Å². The van der Waals surface area contributed by atoms with Gasteiger partial charge >= 0.3 is 6.36 Å². The summed E-state index contributed by atoms with van der Waals surface area (Å²) >= 11 is 0. The average molecular weight is 463 g/mol. The molecule has 0 aliphatic carbocycles. The van der Waals surface area contributed by atoms with Gasteiger partial charge in [0, 0.05) is 13.0 Å². The number of Topliss-reactive ketones (excluding diaryl/α,β-unsaturated/α-hetero) is 1. The Labute approximate surface area is 191 Å². The van der Waals surface area contributed by atoms with Crippen molar-refractivity contribution in [2.45, 2.75) is 38.7 Å². The van der Waals surface area contributed by atoms with Crippen LogP contribution in [0.15, 0.2) is 55.3 Å². The van der Waals surface area contributed by atoms with E-state index >= 15 is 0 Å². The number of benzene rings is 2. The van der Waals surface area contributed by atoms with Gasteiger partial charge in [0.05, 0.1) is 18.3 Å². The Morgan fingerprint density at radius 1 is 1.18 bits per heavy atom. The van der Waals surface area contributed by atoms with Gasteiger partial charge in [-0.25, -0.2) is 0 Å². The van der Waals surface area contributed by atoms with Crippen molar-refractivity contribution in [3.05, 3.63) is 72.0 Å². The third kappa shape index (κ3) is 7.07. The molecular weight excluding hydrogens is 435 g/mol. The second-order valence-electron chi connectivity index (χ2n) is 8.20. The fourth-order valence-corrected chi connectivity index (χ4v) is 4.07. The first kappa shape index (κ1) is 24.8. The molecule has 2 aromatic carbocycles. The first-order valence-corrected chi connectivity index (χ1v) is 10.8. The van der Waals surface area contributed by atoms with E-state index in [-0.39, 0.29) is 18.0 Å². The third-order valence-electron chi connectivity index (χ3n) is 5.73. The summed E-state index contributed by atoms with van der Waals surface area (Å²) in [6.45, 7) is 7.53. The van der Waals surface area contributed by atoms with Crippen LogP contribution in [0.25, 0.3) is 0 Å². The van der Waals surface area contributed by atoms with Gasteiger partial charge in [-0.15, -0.1) is 13.2 Å². The van der Waals surface area contributed by atoms with Crippen molar-refractivity contribution in [3.8, 4) is 11.5 Å². The van der Waals surface area contributed by atoms with Crippen molar-refractivity contribution in [1.29, 1.82) is 0 Å². The molecular formula is C25H28F3NO4. The molecule has 0 saturated carbocycles. The Morgan fingerprint density at radius 2 is 1.85 bits per heavy atom. The van der Waals surface area contributed by atoms with Crippen LogP contribution in [0.4, 0.5) is 13.2 Å². The minimum absolute atomic E-state index is 0.00148. The maximum Gasteiger partial charge on any atom is 0.573 e. The summed E-state index contributed by atoms with van der Waals surface area (Å²) < 4.78 is 46.3. The lowest BCUT2D eigenvalue weighted by Gasteiger charge is -2.27. The number of halogens is 3. The lowest BCUT2D eigenvalue weighted by atomic mass is 9.88. The van der Waals surface area contributed by atoms with E-state index in [1.54, 1.807) is 18.2 Å². The standard InChI is InChI=1S/C25H28F3NO4/c1-3-32-23-11-8-19(14-17(23)2)24(31)21(16-29-12-4-5-13-29)22(30)15-18-6-9-20(10-7-18)33-25(26,27)28/h3,6-11,14,21,24,31H,1,4-5,12-13,15-16H2,2H3/t21?,24-/m1/s1. The van der Waals surface area contributed by atoms with Gasteiger partial charge in [0.15, 0.2) is 0 Å². The highest BCUT2D eigenvalue weighted by molar-refractivity contribution is 5.84. The second-order valence-corrected chi connectivity index (χ2v) is 8.20. The van der Waals surface area contributed by atoms with Gasteiger partial charge in [-0.2, -0.15) is 0 Å². The van der Waals surface area contributed by atoms with Gasteiger partial charge in [0.1, 0.15) is 17.3 Å². The van der Waals surface area contributed by atoms with E-state index in [9.17, 15) is 23.1 Å². The Hall–Kier alpha value is -2.84. The zero-order valence-electron chi connectivity index (χ0n) is 18.5. The molecule has 1 saturated heterocycles. The largest absolute Gasteiger partial charge is 0.573 e. The lowest BCUT2D eigenvalue weighted by molar-refractivity contribution is -0.274. The molecule has 5 nitrogen and oxygen atoms in total. The highest BCUT2D eigenvalue weighted by atomic mass is 19.4. The summed E-state index contributed by atoms with van der Waals surface area (Å²) in [5.74, 6) is -0.586. The molecule has 1 fully saturated rings. The van der Waals surface area contributed by atoms with Crippen LogP contribution in [-0.4, -0.2) is 41.8 Å². The first-order valence-electron chi connectivity index (χ1n) is 10.8. The number of carbonyl (C=O) groups is 1. The SMILES string of the molecule is C=COc1ccc([C@@H](O)C(CN2CCCC2)C(=O)Cc2ccc(OC(F)(F)F)cc2)cc1C. The summed E-state index contributed by atoms with van der Waals surface area (Å²) in [5, 5.41) is 11.2. The van der Waals surface area contributed by atoms with Crippen LogP contribution >= 0.6 is 0 Å². The van der Waals surface area contributed by atoms with Crippen LogP contribution in [0.1, 0.15) is 35.6 Å². The zero-order chi connectivity index (χ0) is 24.0. The van der Waals surface area contributed by atoms with Crippen molar-refractivity contribution in [3.63, 3.8) is 0 Å². The third-order valence-corrected chi connectivity index (χ3v) is 5.73. The van der Waals surface area contributed by atoms with Crippen molar-refractivity contribution in [2.75, 3.05) is 19.6 Å². The van der Waals surface area contributed by atoms with Crippen LogP contribution in [0.3, 0.4) is 0 Å². The average Bonchev–Trinajstić information content (AvgIpc) is 3.27. The van der Waals surface area contributed by atoms with E-state index in [1.165, 1.54) is 30.5 Å². The number of alkyl halides is 3. The van der Waals surface area contributed by atoms with E-state index < -0.39 is 18.4 Å². The number of ether oxygens (including phenoxy) is 2. The molecule has 0 bridgehead atoms. The maximum absolute atomic E-state index is 13.2. The minimum Gasteiger partial charge on any atom is -0.465 e. The lowest BCUT2D eigenvalue weighted by Crippen LogP contribution is -2.36. The quantitative estimate of drug-likeness (QED) is 0.504. The maximum atomic E-state index is 13.2. The van der Waals surface area contributed by atoms with Gasteiger partial charge in [0.2, 0.25) is 0 Å². The van der Waals surface area contributed by atoms with Crippen LogP contribution < -0.4 is 9.47 Å². The normalized spacial score (nSPS) is 16.3. The number of ketones is 1. The molecule has 2 aromatic rings. The monoisotopic (exact) mass is 463 g/mol. The highest BCUT2D eigenvalue weighted by Crippen LogP contribution is 2.30. The number of aliphatic hydroxyl groups excluding tert-OH is 1. The number of likely N-dealkylation sites (tertiary alicyclic amines) is 1. The summed E-state index contributed by atoms with van der Waals surface area (Å²) in [6, 6.07) is 10.5. The van der Waals surface area contributed by atoms with Gasteiger partial charge in [0.25, 0.3) is 0 Å². The van der Waals surface area contributed by atoms with E-state index in [1.807, 2.05) is 6.92 Å². The highest BCUT2D eigenvalue weighted by Gasteiger charge is 2.32. The van der Waals surface area contributed by atoms with Gasteiger partial charge in [-0.05, 0) is 73.8 Å². The van der Waals surface area contributed by atoms with Gasteiger partial charge in [-0.3, -0.25) is 4.79 Å². The van der Waals surface area contributed by atoms with Crippen LogP contribution in [0.5, 0.6) is 11.5 Å². The van der Waals surface area contributed by atoms with E-state index in [0.717, 1.165) is 31.5 Å². The fourth-order valence-electron chi connectivity index (χ4n) is 4.07. The molecule has 1 unspecified atom stereocenters. The van der Waals surface area contributed by atoms with Crippen LogP contribution in [0, 0.1) is 12.8 Å².